The largest absolute Gasteiger partial charge is 0.458 e. The van der Waals surface area contributed by atoms with E-state index in [2.05, 4.69) is 9.98 Å². The van der Waals surface area contributed by atoms with Crippen LogP contribution in [0.1, 0.15) is 17.2 Å². The molecule has 0 N–H and O–H groups in total. The van der Waals surface area contributed by atoms with Crippen molar-refractivity contribution in [1.29, 1.82) is 0 Å². The minimum absolute atomic E-state index is 0.469. The fourth-order valence-electron chi connectivity index (χ4n) is 1.41. The number of hydrogen-bond donors (Lipinski definition) is 0. The van der Waals surface area contributed by atoms with Crippen molar-refractivity contribution in [2.45, 2.75) is 13.5 Å². The second-order valence-electron chi connectivity index (χ2n) is 3.63. The van der Waals surface area contributed by atoms with E-state index in [0.29, 0.717) is 18.2 Å². The standard InChI is InChI=1S/C13H14N2O2/c1-10-4-3-5-13(15-10)14-8-11-6-7-12(17-11)9-16-2/h3-8H,9H2,1-2H3. The maximum atomic E-state index is 5.47. The molecule has 2 rings (SSSR count). The van der Waals surface area contributed by atoms with Gasteiger partial charge >= 0.3 is 0 Å². The van der Waals surface area contributed by atoms with Gasteiger partial charge in [0.25, 0.3) is 0 Å². The molecule has 0 aliphatic rings. The fourth-order valence-corrected chi connectivity index (χ4v) is 1.41. The summed E-state index contributed by atoms with van der Waals surface area (Å²) in [7, 11) is 1.63. The summed E-state index contributed by atoms with van der Waals surface area (Å²) >= 11 is 0. The van der Waals surface area contributed by atoms with Crippen molar-refractivity contribution in [3.05, 3.63) is 47.5 Å². The van der Waals surface area contributed by atoms with Crippen molar-refractivity contribution < 1.29 is 9.15 Å². The third kappa shape index (κ3) is 3.26. The number of furan rings is 1. The number of ether oxygens (including phenoxy) is 1. The molecule has 0 spiro atoms. The van der Waals surface area contributed by atoms with Crippen LogP contribution in [-0.4, -0.2) is 18.3 Å². The number of methoxy groups -OCH3 is 1. The van der Waals surface area contributed by atoms with Gasteiger partial charge in [-0.3, -0.25) is 0 Å². The van der Waals surface area contributed by atoms with Gasteiger partial charge in [0.2, 0.25) is 0 Å². The Morgan fingerprint density at radius 2 is 2.24 bits per heavy atom. The molecule has 0 saturated carbocycles. The van der Waals surface area contributed by atoms with Crippen LogP contribution in [0.2, 0.25) is 0 Å². The van der Waals surface area contributed by atoms with Gasteiger partial charge in [0.1, 0.15) is 18.1 Å². The average Bonchev–Trinajstić information content (AvgIpc) is 2.75. The topological polar surface area (TPSA) is 47.6 Å². The van der Waals surface area contributed by atoms with Crippen LogP contribution in [0.3, 0.4) is 0 Å². The molecule has 4 heteroatoms. The molecule has 0 bridgehead atoms. The van der Waals surface area contributed by atoms with Crippen LogP contribution in [0.5, 0.6) is 0 Å². The van der Waals surface area contributed by atoms with E-state index in [1.807, 2.05) is 37.3 Å². The molecule has 0 unspecified atom stereocenters. The molecule has 0 fully saturated rings. The highest BCUT2D eigenvalue weighted by Crippen LogP contribution is 2.10. The zero-order chi connectivity index (χ0) is 12.1. The Bertz CT molecular complexity index is 518. The molecule has 2 aromatic heterocycles. The van der Waals surface area contributed by atoms with Gasteiger partial charge in [-0.25, -0.2) is 9.98 Å². The lowest BCUT2D eigenvalue weighted by Gasteiger charge is -1.94. The van der Waals surface area contributed by atoms with Gasteiger partial charge in [-0.05, 0) is 31.2 Å². The van der Waals surface area contributed by atoms with E-state index in [4.69, 9.17) is 9.15 Å². The number of hydrogen-bond acceptors (Lipinski definition) is 4. The monoisotopic (exact) mass is 230 g/mol. The van der Waals surface area contributed by atoms with Crippen LogP contribution in [0.25, 0.3) is 0 Å². The Balaban J connectivity index is 2.09. The van der Waals surface area contributed by atoms with Crippen molar-refractivity contribution in [2.75, 3.05) is 7.11 Å². The summed E-state index contributed by atoms with van der Waals surface area (Å²) in [6, 6.07) is 9.43. The van der Waals surface area contributed by atoms with Gasteiger partial charge in [0.05, 0.1) is 6.21 Å². The molecule has 0 aliphatic heterocycles. The molecule has 0 aliphatic carbocycles. The van der Waals surface area contributed by atoms with Crippen LogP contribution in [0.4, 0.5) is 5.82 Å². The lowest BCUT2D eigenvalue weighted by atomic mass is 10.4. The second-order valence-corrected chi connectivity index (χ2v) is 3.63. The second kappa shape index (κ2) is 5.41. The maximum absolute atomic E-state index is 5.47. The van der Waals surface area contributed by atoms with E-state index in [0.717, 1.165) is 11.5 Å². The molecule has 88 valence electrons. The number of aryl methyl sites for hydroxylation is 1. The first-order valence-electron chi connectivity index (χ1n) is 5.33. The molecule has 0 atom stereocenters. The molecule has 4 nitrogen and oxygen atoms in total. The number of nitrogens with zero attached hydrogens (tertiary/aromatic N) is 2. The van der Waals surface area contributed by atoms with Gasteiger partial charge in [-0.15, -0.1) is 0 Å². The molecule has 0 amide bonds. The first-order valence-corrected chi connectivity index (χ1v) is 5.33. The van der Waals surface area contributed by atoms with Crippen LogP contribution < -0.4 is 0 Å². The Morgan fingerprint density at radius 1 is 1.35 bits per heavy atom. The van der Waals surface area contributed by atoms with Crippen LogP contribution in [0.15, 0.2) is 39.7 Å². The van der Waals surface area contributed by atoms with Gasteiger partial charge < -0.3 is 9.15 Å². The minimum atomic E-state index is 0.469. The number of pyridine rings is 1. The Kier molecular flexibility index (Phi) is 3.67. The smallest absolute Gasteiger partial charge is 0.152 e. The van der Waals surface area contributed by atoms with E-state index in [-0.39, 0.29) is 0 Å². The predicted molar refractivity (Wildman–Crippen MR) is 65.6 cm³/mol. The lowest BCUT2D eigenvalue weighted by molar-refractivity contribution is 0.164. The summed E-state index contributed by atoms with van der Waals surface area (Å²) in [4.78, 5) is 8.51. The van der Waals surface area contributed by atoms with E-state index in [1.54, 1.807) is 13.3 Å². The molecule has 2 heterocycles. The number of aromatic nitrogens is 1. The van der Waals surface area contributed by atoms with Gasteiger partial charge in [-0.1, -0.05) is 6.07 Å². The molecule has 17 heavy (non-hydrogen) atoms. The summed E-state index contributed by atoms with van der Waals surface area (Å²) < 4.78 is 10.4. The Hall–Kier alpha value is -1.94. The lowest BCUT2D eigenvalue weighted by Crippen LogP contribution is -1.83. The summed E-state index contributed by atoms with van der Waals surface area (Å²) in [6.07, 6.45) is 1.65. The first-order chi connectivity index (χ1) is 8.28. The normalized spacial score (nSPS) is 11.2. The van der Waals surface area contributed by atoms with Gasteiger partial charge in [-0.2, -0.15) is 0 Å². The highest BCUT2D eigenvalue weighted by atomic mass is 16.5. The number of aliphatic imine (C=N–C) groups is 1. The van der Waals surface area contributed by atoms with Gasteiger partial charge in [0.15, 0.2) is 5.82 Å². The molecule has 2 aromatic rings. The van der Waals surface area contributed by atoms with E-state index in [1.165, 1.54) is 0 Å². The Labute approximate surface area is 100.0 Å². The SMILES string of the molecule is COCc1ccc(C=Nc2cccc(C)n2)o1. The van der Waals surface area contributed by atoms with E-state index in [9.17, 15) is 0 Å². The number of rotatable bonds is 4. The zero-order valence-electron chi connectivity index (χ0n) is 9.88. The van der Waals surface area contributed by atoms with Crippen LogP contribution >= 0.6 is 0 Å². The molecule has 0 aromatic carbocycles. The fraction of sp³-hybridized carbons (Fsp3) is 0.231. The third-order valence-electron chi connectivity index (χ3n) is 2.17. The van der Waals surface area contributed by atoms with Crippen molar-refractivity contribution in [3.63, 3.8) is 0 Å². The van der Waals surface area contributed by atoms with Crippen molar-refractivity contribution >= 4 is 12.0 Å². The maximum Gasteiger partial charge on any atom is 0.152 e. The highest BCUT2D eigenvalue weighted by Gasteiger charge is 1.99. The van der Waals surface area contributed by atoms with E-state index < -0.39 is 0 Å². The molecular formula is C13H14N2O2. The van der Waals surface area contributed by atoms with Crippen molar-refractivity contribution in [2.24, 2.45) is 4.99 Å². The Morgan fingerprint density at radius 3 is 3.00 bits per heavy atom. The summed E-state index contributed by atoms with van der Waals surface area (Å²) in [6.45, 7) is 2.40. The molecule has 0 saturated heterocycles. The third-order valence-corrected chi connectivity index (χ3v) is 2.17. The van der Waals surface area contributed by atoms with Crippen LogP contribution in [0, 0.1) is 6.92 Å². The predicted octanol–water partition coefficient (Wildman–Crippen LogP) is 2.88. The first kappa shape index (κ1) is 11.5. The van der Waals surface area contributed by atoms with Gasteiger partial charge in [0, 0.05) is 12.8 Å². The highest BCUT2D eigenvalue weighted by molar-refractivity contribution is 5.78. The minimum Gasteiger partial charge on any atom is -0.458 e. The molecule has 0 radical (unpaired) electrons. The van der Waals surface area contributed by atoms with Crippen LogP contribution in [-0.2, 0) is 11.3 Å². The van der Waals surface area contributed by atoms with E-state index >= 15 is 0 Å². The average molecular weight is 230 g/mol. The summed E-state index contributed by atoms with van der Waals surface area (Å²) in [5, 5.41) is 0. The summed E-state index contributed by atoms with van der Waals surface area (Å²) in [5.41, 5.74) is 0.944. The van der Waals surface area contributed by atoms with Crippen molar-refractivity contribution in [1.82, 2.24) is 4.98 Å². The molecular weight excluding hydrogens is 216 g/mol. The van der Waals surface area contributed by atoms with Crippen molar-refractivity contribution in [3.8, 4) is 0 Å². The zero-order valence-corrected chi connectivity index (χ0v) is 9.88. The summed E-state index contributed by atoms with van der Waals surface area (Å²) in [5.74, 6) is 2.15. The quantitative estimate of drug-likeness (QED) is 0.759.